The number of non-ortho nitro benzene ring substituents is 1. The number of nitro benzene ring substituents is 1. The van der Waals surface area contributed by atoms with Crippen molar-refractivity contribution >= 4 is 23.4 Å². The first-order chi connectivity index (χ1) is 8.99. The largest absolute Gasteiger partial charge is 0.478 e. The summed E-state index contributed by atoms with van der Waals surface area (Å²) in [6.45, 7) is 0. The van der Waals surface area contributed by atoms with Gasteiger partial charge in [-0.1, -0.05) is 0 Å². The molecule has 19 heavy (non-hydrogen) atoms. The van der Waals surface area contributed by atoms with Gasteiger partial charge in [0, 0.05) is 24.1 Å². The molecule has 0 aliphatic carbocycles. The summed E-state index contributed by atoms with van der Waals surface area (Å²) in [6.07, 6.45) is 1.48. The lowest BCUT2D eigenvalue weighted by Gasteiger charge is -2.04. The Labute approximate surface area is 111 Å². The Morgan fingerprint density at radius 2 is 2.26 bits per heavy atom. The Hall–Kier alpha value is -2.42. The van der Waals surface area contributed by atoms with Gasteiger partial charge in [-0.2, -0.15) is 0 Å². The quantitative estimate of drug-likeness (QED) is 0.668. The van der Waals surface area contributed by atoms with E-state index in [4.69, 9.17) is 5.11 Å². The summed E-state index contributed by atoms with van der Waals surface area (Å²) in [5.41, 5.74) is -0.401. The van der Waals surface area contributed by atoms with Crippen molar-refractivity contribution in [3.8, 4) is 0 Å². The van der Waals surface area contributed by atoms with E-state index in [0.717, 1.165) is 17.8 Å². The summed E-state index contributed by atoms with van der Waals surface area (Å²) >= 11 is 1.08. The van der Waals surface area contributed by atoms with Crippen molar-refractivity contribution in [1.29, 1.82) is 0 Å². The highest BCUT2D eigenvalue weighted by Crippen LogP contribution is 2.31. The summed E-state index contributed by atoms with van der Waals surface area (Å²) in [5.74, 6) is -1.23. The van der Waals surface area contributed by atoms with Gasteiger partial charge < -0.3 is 9.67 Å². The van der Waals surface area contributed by atoms with Crippen LogP contribution >= 0.6 is 11.8 Å². The van der Waals surface area contributed by atoms with Crippen molar-refractivity contribution in [3.05, 3.63) is 40.2 Å². The van der Waals surface area contributed by atoms with Crippen LogP contribution in [-0.2, 0) is 7.05 Å². The molecule has 8 nitrogen and oxygen atoms in total. The van der Waals surface area contributed by atoms with E-state index in [1.807, 2.05) is 0 Å². The van der Waals surface area contributed by atoms with Gasteiger partial charge in [-0.15, -0.1) is 10.2 Å². The number of aryl methyl sites for hydroxylation is 1. The van der Waals surface area contributed by atoms with E-state index < -0.39 is 10.9 Å². The summed E-state index contributed by atoms with van der Waals surface area (Å²) in [7, 11) is 1.72. The van der Waals surface area contributed by atoms with E-state index in [-0.39, 0.29) is 11.3 Å². The SMILES string of the molecule is Cn1cnnc1Sc1ccc([N+](=O)[O-])cc1C(=O)O. The van der Waals surface area contributed by atoms with Crippen LogP contribution in [0.15, 0.2) is 34.6 Å². The van der Waals surface area contributed by atoms with Gasteiger partial charge in [-0.3, -0.25) is 10.1 Å². The molecule has 0 aliphatic heterocycles. The molecule has 1 heterocycles. The fourth-order valence-electron chi connectivity index (χ4n) is 1.35. The second-order valence-electron chi connectivity index (χ2n) is 3.57. The number of carbonyl (C=O) groups is 1. The predicted molar refractivity (Wildman–Crippen MR) is 65.2 cm³/mol. The Bertz CT molecular complexity index is 655. The lowest BCUT2D eigenvalue weighted by molar-refractivity contribution is -0.384. The molecule has 0 saturated carbocycles. The zero-order chi connectivity index (χ0) is 14.0. The normalized spacial score (nSPS) is 10.4. The van der Waals surface area contributed by atoms with Crippen molar-refractivity contribution in [2.45, 2.75) is 10.1 Å². The first-order valence-electron chi connectivity index (χ1n) is 5.02. The maximum Gasteiger partial charge on any atom is 0.337 e. The van der Waals surface area contributed by atoms with E-state index in [1.54, 1.807) is 11.6 Å². The molecule has 0 atom stereocenters. The lowest BCUT2D eigenvalue weighted by atomic mass is 10.2. The number of rotatable bonds is 4. The zero-order valence-electron chi connectivity index (χ0n) is 9.68. The molecule has 2 rings (SSSR count). The maximum absolute atomic E-state index is 11.1. The van der Waals surface area contributed by atoms with Crippen LogP contribution < -0.4 is 0 Å². The van der Waals surface area contributed by atoms with Gasteiger partial charge in [0.15, 0.2) is 5.16 Å². The molecule has 0 amide bonds. The zero-order valence-corrected chi connectivity index (χ0v) is 10.5. The van der Waals surface area contributed by atoms with Gasteiger partial charge in [0.05, 0.1) is 10.5 Å². The van der Waals surface area contributed by atoms with Crippen LogP contribution in [0.4, 0.5) is 5.69 Å². The summed E-state index contributed by atoms with van der Waals surface area (Å²) < 4.78 is 1.62. The molecule has 1 aromatic heterocycles. The monoisotopic (exact) mass is 280 g/mol. The van der Waals surface area contributed by atoms with E-state index in [1.165, 1.54) is 18.5 Å². The van der Waals surface area contributed by atoms with Crippen molar-refractivity contribution in [1.82, 2.24) is 14.8 Å². The van der Waals surface area contributed by atoms with Crippen molar-refractivity contribution in [3.63, 3.8) is 0 Å². The first kappa shape index (κ1) is 13.0. The van der Waals surface area contributed by atoms with Crippen molar-refractivity contribution < 1.29 is 14.8 Å². The second-order valence-corrected chi connectivity index (χ2v) is 4.58. The molecule has 0 unspecified atom stereocenters. The Morgan fingerprint density at radius 3 is 2.79 bits per heavy atom. The van der Waals surface area contributed by atoms with Gasteiger partial charge in [0.1, 0.15) is 6.33 Å². The third kappa shape index (κ3) is 2.71. The van der Waals surface area contributed by atoms with Crippen LogP contribution in [0.3, 0.4) is 0 Å². The number of nitro groups is 1. The molecule has 0 radical (unpaired) electrons. The number of aromatic nitrogens is 3. The average Bonchev–Trinajstić information content (AvgIpc) is 2.75. The lowest BCUT2D eigenvalue weighted by Crippen LogP contribution is -2.01. The number of hydrogen-bond acceptors (Lipinski definition) is 6. The van der Waals surface area contributed by atoms with Crippen LogP contribution in [0.5, 0.6) is 0 Å². The van der Waals surface area contributed by atoms with Gasteiger partial charge in [-0.25, -0.2) is 4.79 Å². The van der Waals surface area contributed by atoms with Gasteiger partial charge >= 0.3 is 5.97 Å². The molecule has 0 spiro atoms. The van der Waals surface area contributed by atoms with Gasteiger partial charge in [0.2, 0.25) is 0 Å². The number of carboxylic acid groups (broad SMARTS) is 1. The van der Waals surface area contributed by atoms with E-state index >= 15 is 0 Å². The van der Waals surface area contributed by atoms with Crippen LogP contribution in [0, 0.1) is 10.1 Å². The maximum atomic E-state index is 11.1. The number of nitrogens with zero attached hydrogens (tertiary/aromatic N) is 4. The van der Waals surface area contributed by atoms with Gasteiger partial charge in [0.25, 0.3) is 5.69 Å². The van der Waals surface area contributed by atoms with E-state index in [9.17, 15) is 14.9 Å². The molecule has 0 fully saturated rings. The topological polar surface area (TPSA) is 111 Å². The summed E-state index contributed by atoms with van der Waals surface area (Å²) in [5, 5.41) is 27.7. The summed E-state index contributed by atoms with van der Waals surface area (Å²) in [4.78, 5) is 21.5. The number of benzene rings is 1. The molecular formula is C10H8N4O4S. The standard InChI is InChI=1S/C10H8N4O4S/c1-13-5-11-12-10(13)19-8-3-2-6(14(17)18)4-7(8)9(15)16/h2-5H,1H3,(H,15,16). The molecule has 98 valence electrons. The predicted octanol–water partition coefficient (Wildman–Crippen LogP) is 1.57. The van der Waals surface area contributed by atoms with E-state index in [0.29, 0.717) is 10.1 Å². The molecule has 1 aromatic carbocycles. The number of hydrogen-bond donors (Lipinski definition) is 1. The molecular weight excluding hydrogens is 272 g/mol. The highest BCUT2D eigenvalue weighted by molar-refractivity contribution is 7.99. The molecule has 9 heteroatoms. The molecule has 2 aromatic rings. The van der Waals surface area contributed by atoms with E-state index in [2.05, 4.69) is 10.2 Å². The second kappa shape index (κ2) is 5.06. The molecule has 1 N–H and O–H groups in total. The number of aromatic carboxylic acids is 1. The third-order valence-electron chi connectivity index (χ3n) is 2.28. The average molecular weight is 280 g/mol. The molecule has 0 aliphatic rings. The Kier molecular flexibility index (Phi) is 3.47. The minimum Gasteiger partial charge on any atom is -0.478 e. The fraction of sp³-hybridized carbons (Fsp3) is 0.100. The minimum atomic E-state index is -1.23. The highest BCUT2D eigenvalue weighted by atomic mass is 32.2. The molecule has 0 bridgehead atoms. The minimum absolute atomic E-state index is 0.137. The smallest absolute Gasteiger partial charge is 0.337 e. The number of carboxylic acids is 1. The van der Waals surface area contributed by atoms with Crippen LogP contribution in [0.2, 0.25) is 0 Å². The third-order valence-corrected chi connectivity index (χ3v) is 3.40. The van der Waals surface area contributed by atoms with Crippen LogP contribution in [-0.4, -0.2) is 30.8 Å². The van der Waals surface area contributed by atoms with Crippen molar-refractivity contribution in [2.75, 3.05) is 0 Å². The fourth-order valence-corrected chi connectivity index (χ4v) is 2.22. The first-order valence-corrected chi connectivity index (χ1v) is 5.84. The Morgan fingerprint density at radius 1 is 1.53 bits per heavy atom. The highest BCUT2D eigenvalue weighted by Gasteiger charge is 2.18. The summed E-state index contributed by atoms with van der Waals surface area (Å²) in [6, 6.07) is 3.67. The molecule has 0 saturated heterocycles. The van der Waals surface area contributed by atoms with Gasteiger partial charge in [-0.05, 0) is 17.8 Å². The van der Waals surface area contributed by atoms with Crippen LogP contribution in [0.1, 0.15) is 10.4 Å². The van der Waals surface area contributed by atoms with Crippen LogP contribution in [0.25, 0.3) is 0 Å². The van der Waals surface area contributed by atoms with Crippen molar-refractivity contribution in [2.24, 2.45) is 7.05 Å². The Balaban J connectivity index is 2.43.